The van der Waals surface area contributed by atoms with E-state index in [0.29, 0.717) is 0 Å². The van der Waals surface area contributed by atoms with Crippen LogP contribution >= 0.6 is 11.3 Å². The number of guanidine groups is 1. The van der Waals surface area contributed by atoms with Crippen molar-refractivity contribution in [2.24, 2.45) is 10.1 Å². The number of β-lactam (4-membered cyclic amide) rings is 1. The Balaban J connectivity index is 1.87. The molecule has 36 heavy (non-hydrogen) atoms. The van der Waals surface area contributed by atoms with E-state index >= 15 is 0 Å². The first kappa shape index (κ1) is 26.6. The van der Waals surface area contributed by atoms with Crippen LogP contribution in [-0.4, -0.2) is 99.0 Å². The average molecular weight is 544 g/mol. The number of carboxylic acids is 1. The van der Waals surface area contributed by atoms with E-state index < -0.39 is 51.5 Å². The molecule has 0 radical (unpaired) electrons. The summed E-state index contributed by atoms with van der Waals surface area (Å²) in [6.45, 7) is 2.71. The molecule has 17 nitrogen and oxygen atoms in total. The molecule has 0 saturated carbocycles. The lowest BCUT2D eigenvalue weighted by Crippen LogP contribution is -2.74. The van der Waals surface area contributed by atoms with Gasteiger partial charge in [0.25, 0.3) is 11.8 Å². The van der Waals surface area contributed by atoms with Gasteiger partial charge in [-0.15, -0.1) is 11.3 Å². The zero-order chi connectivity index (χ0) is 26.8. The smallest absolute Gasteiger partial charge is 0.362 e. The maximum absolute atomic E-state index is 13.1. The van der Waals surface area contributed by atoms with Gasteiger partial charge in [0, 0.05) is 18.5 Å². The van der Waals surface area contributed by atoms with Crippen LogP contribution in [0.15, 0.2) is 15.5 Å². The van der Waals surface area contributed by atoms with Crippen LogP contribution in [0.25, 0.3) is 0 Å². The predicted octanol–water partition coefficient (Wildman–Crippen LogP) is -2.45. The number of nitrogens with one attached hydrogen (secondary N) is 2. The number of thiazole rings is 1. The minimum Gasteiger partial charge on any atom is -0.478 e. The van der Waals surface area contributed by atoms with E-state index in [4.69, 9.17) is 15.8 Å². The summed E-state index contributed by atoms with van der Waals surface area (Å²) in [4.78, 5) is 51.4. The van der Waals surface area contributed by atoms with Crippen LogP contribution in [0.2, 0.25) is 0 Å². The minimum atomic E-state index is -4.98. The summed E-state index contributed by atoms with van der Waals surface area (Å²) in [6, 6.07) is -2.73. The molecule has 2 unspecified atom stereocenters. The molecule has 1 aromatic heterocycles. The largest absolute Gasteiger partial charge is 0.478 e. The molecule has 1 saturated heterocycles. The Bertz CT molecular complexity index is 1280. The third-order valence-electron chi connectivity index (χ3n) is 5.07. The summed E-state index contributed by atoms with van der Waals surface area (Å²) < 4.78 is 33.3. The highest BCUT2D eigenvalue weighted by Crippen LogP contribution is 2.26. The van der Waals surface area contributed by atoms with Gasteiger partial charge in [0.15, 0.2) is 17.0 Å². The van der Waals surface area contributed by atoms with E-state index in [1.165, 1.54) is 24.1 Å². The van der Waals surface area contributed by atoms with E-state index in [9.17, 15) is 32.5 Å². The van der Waals surface area contributed by atoms with Gasteiger partial charge in [0.05, 0.1) is 12.6 Å². The van der Waals surface area contributed by atoms with Crippen molar-refractivity contribution in [1.29, 1.82) is 5.26 Å². The van der Waals surface area contributed by atoms with Gasteiger partial charge in [0.1, 0.15) is 11.7 Å². The molecule has 0 spiro atoms. The lowest BCUT2D eigenvalue weighted by Gasteiger charge is -2.45. The number of aliphatic imine (C=N–C) groups is 1. The summed E-state index contributed by atoms with van der Waals surface area (Å²) in [6.07, 6.45) is 1.68. The maximum Gasteiger partial charge on any atom is 0.362 e. The van der Waals surface area contributed by atoms with Gasteiger partial charge in [-0.25, -0.2) is 14.1 Å². The minimum absolute atomic E-state index is 0.0592. The van der Waals surface area contributed by atoms with Gasteiger partial charge < -0.3 is 25.9 Å². The fraction of sp³-hybridized carbons (Fsp3) is 0.471. The number of anilines is 1. The summed E-state index contributed by atoms with van der Waals surface area (Å²) >= 11 is 0.953. The van der Waals surface area contributed by atoms with Crippen LogP contribution in [0.5, 0.6) is 0 Å². The number of aromatic nitrogens is 1. The Kier molecular flexibility index (Phi) is 7.33. The molecule has 19 heteroatoms. The van der Waals surface area contributed by atoms with Crippen molar-refractivity contribution in [3.8, 4) is 6.19 Å². The molecule has 0 aliphatic carbocycles. The second kappa shape index (κ2) is 9.92. The Morgan fingerprint density at radius 1 is 1.47 bits per heavy atom. The quantitative estimate of drug-likeness (QED) is 0.0542. The molecule has 1 aromatic rings. The molecule has 2 aliphatic heterocycles. The number of nitrogens with two attached hydrogens (primary N) is 1. The number of carboxylic acid groups (broad SMARTS) is 1. The first-order chi connectivity index (χ1) is 16.8. The van der Waals surface area contributed by atoms with Crippen molar-refractivity contribution in [3.63, 3.8) is 0 Å². The van der Waals surface area contributed by atoms with Gasteiger partial charge >= 0.3 is 16.3 Å². The first-order valence-electron chi connectivity index (χ1n) is 10.0. The monoisotopic (exact) mass is 543 g/mol. The average Bonchev–Trinajstić information content (AvgIpc) is 3.39. The van der Waals surface area contributed by atoms with E-state index in [0.717, 1.165) is 11.3 Å². The SMILES string of the molecule is CC(C)(ON=C(C(=O)NC1C(=O)N(S(=O)(=O)O)C1CN1CCN=C1NC#N)c1csc(N)n1)C(=O)O. The van der Waals surface area contributed by atoms with Crippen LogP contribution < -0.4 is 16.4 Å². The van der Waals surface area contributed by atoms with Gasteiger partial charge in [-0.3, -0.25) is 24.5 Å². The van der Waals surface area contributed by atoms with Crippen LogP contribution in [0.1, 0.15) is 19.5 Å². The van der Waals surface area contributed by atoms with Gasteiger partial charge in [-0.2, -0.15) is 13.7 Å². The van der Waals surface area contributed by atoms with E-state index in [2.05, 4.69) is 25.8 Å². The number of nitriles is 1. The highest BCUT2D eigenvalue weighted by Gasteiger charge is 2.55. The predicted molar refractivity (Wildman–Crippen MR) is 123 cm³/mol. The van der Waals surface area contributed by atoms with Crippen molar-refractivity contribution in [2.75, 3.05) is 25.4 Å². The Hall–Kier alpha value is -4.02. The van der Waals surface area contributed by atoms with Crippen LogP contribution in [0, 0.1) is 11.5 Å². The van der Waals surface area contributed by atoms with Gasteiger partial charge in [-0.1, -0.05) is 5.16 Å². The van der Waals surface area contributed by atoms with Crippen molar-refractivity contribution in [1.82, 2.24) is 24.8 Å². The molecule has 3 heterocycles. The van der Waals surface area contributed by atoms with Gasteiger partial charge in [0.2, 0.25) is 11.6 Å². The number of hydrogen-bond donors (Lipinski definition) is 5. The Labute approximate surface area is 208 Å². The Morgan fingerprint density at radius 2 is 2.17 bits per heavy atom. The standard InChI is InChI=1S/C17H21N9O8S2/c1-17(2,14(29)30)34-24-10(8-6-35-15(19)22-8)12(27)23-11-9(26(13(11)28)36(31,32)33)5-25-4-3-20-16(25)21-7-18/h6,9,11H,3-5H2,1-2H3,(H2,19,22)(H,20,21)(H,23,27)(H,29,30)(H,31,32,33). The summed E-state index contributed by atoms with van der Waals surface area (Å²) in [5.41, 5.74) is 3.17. The number of amides is 2. The highest BCUT2D eigenvalue weighted by atomic mass is 32.2. The number of aliphatic carboxylic acids is 1. The fourth-order valence-electron chi connectivity index (χ4n) is 3.20. The number of nitrogen functional groups attached to an aromatic ring is 1. The lowest BCUT2D eigenvalue weighted by molar-refractivity contribution is -0.161. The van der Waals surface area contributed by atoms with Gasteiger partial charge in [-0.05, 0) is 13.8 Å². The van der Waals surface area contributed by atoms with E-state index in [1.807, 2.05) is 0 Å². The molecule has 2 amide bonds. The molecule has 3 rings (SSSR count). The zero-order valence-corrected chi connectivity index (χ0v) is 20.4. The summed E-state index contributed by atoms with van der Waals surface area (Å²) in [5, 5.41) is 27.7. The third-order valence-corrected chi connectivity index (χ3v) is 6.69. The molecule has 1 fully saturated rings. The van der Waals surface area contributed by atoms with Crippen LogP contribution in [0.4, 0.5) is 5.13 Å². The molecule has 2 atom stereocenters. The second-order valence-electron chi connectivity index (χ2n) is 7.94. The lowest BCUT2D eigenvalue weighted by atomic mass is 9.97. The van der Waals surface area contributed by atoms with Crippen LogP contribution in [-0.2, 0) is 29.5 Å². The number of carbonyl (C=O) groups excluding carboxylic acids is 2. The Morgan fingerprint density at radius 3 is 2.72 bits per heavy atom. The van der Waals surface area contributed by atoms with Crippen LogP contribution in [0.3, 0.4) is 0 Å². The highest BCUT2D eigenvalue weighted by molar-refractivity contribution is 7.84. The molecule has 0 bridgehead atoms. The number of oxime groups is 1. The van der Waals surface area contributed by atoms with Crippen molar-refractivity contribution in [2.45, 2.75) is 31.5 Å². The fourth-order valence-corrected chi connectivity index (χ4v) is 4.62. The van der Waals surface area contributed by atoms with Crippen molar-refractivity contribution < 1.29 is 37.3 Å². The summed E-state index contributed by atoms with van der Waals surface area (Å²) in [5.74, 6) is -3.44. The third kappa shape index (κ3) is 5.45. The number of hydrogen-bond acceptors (Lipinski definition) is 14. The molecular formula is C17H21N9O8S2. The maximum atomic E-state index is 13.1. The molecular weight excluding hydrogens is 522 g/mol. The topological polar surface area (TPSA) is 253 Å². The second-order valence-corrected chi connectivity index (χ2v) is 10.1. The number of rotatable bonds is 9. The zero-order valence-electron chi connectivity index (χ0n) is 18.8. The van der Waals surface area contributed by atoms with E-state index in [-0.39, 0.29) is 40.7 Å². The normalized spacial score (nSPS) is 20.3. The molecule has 0 aromatic carbocycles. The van der Waals surface area contributed by atoms with Crippen molar-refractivity contribution in [3.05, 3.63) is 11.1 Å². The van der Waals surface area contributed by atoms with E-state index in [1.54, 1.807) is 6.19 Å². The first-order valence-corrected chi connectivity index (χ1v) is 12.3. The summed E-state index contributed by atoms with van der Waals surface area (Å²) in [7, 11) is -4.98. The molecule has 194 valence electrons. The molecule has 2 aliphatic rings. The number of nitrogens with zero attached hydrogens (tertiary/aromatic N) is 6. The van der Waals surface area contributed by atoms with Crippen molar-refractivity contribution >= 4 is 56.2 Å². The number of carbonyl (C=O) groups is 3. The molecule has 6 N–H and O–H groups in total.